The average molecular weight is 272 g/mol. The van der Waals surface area contributed by atoms with Crippen LogP contribution < -0.4 is 5.32 Å². The molecule has 0 aliphatic carbocycles. The van der Waals surface area contributed by atoms with Crippen LogP contribution in [0.4, 0.5) is 0 Å². The van der Waals surface area contributed by atoms with Crippen LogP contribution >= 0.6 is 11.8 Å². The zero-order valence-corrected chi connectivity index (χ0v) is 11.1. The lowest BCUT2D eigenvalue weighted by Gasteiger charge is -2.02. The second-order valence-electron chi connectivity index (χ2n) is 3.92. The molecule has 6 nitrogen and oxygen atoms in total. The van der Waals surface area contributed by atoms with Crippen molar-refractivity contribution < 1.29 is 0 Å². The summed E-state index contributed by atoms with van der Waals surface area (Å²) in [6.45, 7) is 0.816. The summed E-state index contributed by atoms with van der Waals surface area (Å²) in [6.07, 6.45) is 5.00. The van der Waals surface area contributed by atoms with Gasteiger partial charge in [0.05, 0.1) is 6.33 Å². The fraction of sp³-hybridized carbons (Fsp3) is 0.167. The van der Waals surface area contributed by atoms with E-state index >= 15 is 0 Å². The van der Waals surface area contributed by atoms with E-state index < -0.39 is 0 Å². The standard InChI is InChI=1S/C12H12N6S/c1-13-4-8-2-3-9(14-5-8)19-12-10-11(16-6-15-10)17-7-18-12/h2-3,5-7,13H,4H2,1H3,(H,15,16,17,18). The van der Waals surface area contributed by atoms with Crippen molar-refractivity contribution in [2.24, 2.45) is 0 Å². The molecule has 0 aromatic carbocycles. The van der Waals surface area contributed by atoms with Crippen molar-refractivity contribution in [3.63, 3.8) is 0 Å². The molecule has 0 spiro atoms. The smallest absolute Gasteiger partial charge is 0.181 e. The van der Waals surface area contributed by atoms with Crippen LogP contribution in [0.2, 0.25) is 0 Å². The third-order valence-electron chi connectivity index (χ3n) is 2.57. The molecule has 0 saturated heterocycles. The Balaban J connectivity index is 1.86. The molecule has 0 radical (unpaired) electrons. The van der Waals surface area contributed by atoms with Gasteiger partial charge in [-0.2, -0.15) is 0 Å². The van der Waals surface area contributed by atoms with Gasteiger partial charge in [-0.05, 0) is 30.4 Å². The summed E-state index contributed by atoms with van der Waals surface area (Å²) in [5.41, 5.74) is 2.67. The third-order valence-corrected chi connectivity index (χ3v) is 3.52. The summed E-state index contributed by atoms with van der Waals surface area (Å²) in [7, 11) is 1.92. The van der Waals surface area contributed by atoms with Crippen LogP contribution in [0.5, 0.6) is 0 Å². The number of fused-ring (bicyclic) bond motifs is 1. The van der Waals surface area contributed by atoms with E-state index in [2.05, 4.69) is 36.3 Å². The van der Waals surface area contributed by atoms with Crippen molar-refractivity contribution in [1.29, 1.82) is 0 Å². The zero-order chi connectivity index (χ0) is 13.1. The Hall–Kier alpha value is -1.99. The lowest BCUT2D eigenvalue weighted by atomic mass is 10.3. The number of imidazole rings is 1. The predicted octanol–water partition coefficient (Wildman–Crippen LogP) is 1.62. The highest BCUT2D eigenvalue weighted by molar-refractivity contribution is 7.99. The molecule has 0 amide bonds. The molecule has 3 rings (SSSR count). The van der Waals surface area contributed by atoms with Crippen molar-refractivity contribution in [1.82, 2.24) is 30.2 Å². The molecule has 0 aliphatic rings. The number of nitrogens with zero attached hydrogens (tertiary/aromatic N) is 4. The SMILES string of the molecule is CNCc1ccc(Sc2ncnc3nc[nH]c23)nc1. The van der Waals surface area contributed by atoms with Crippen molar-refractivity contribution in [3.8, 4) is 0 Å². The second-order valence-corrected chi connectivity index (χ2v) is 4.93. The molecule has 19 heavy (non-hydrogen) atoms. The van der Waals surface area contributed by atoms with Crippen molar-refractivity contribution in [2.45, 2.75) is 16.6 Å². The number of hydrogen-bond donors (Lipinski definition) is 2. The van der Waals surface area contributed by atoms with E-state index in [1.165, 1.54) is 18.1 Å². The van der Waals surface area contributed by atoms with E-state index in [1.807, 2.05) is 19.3 Å². The zero-order valence-electron chi connectivity index (χ0n) is 10.3. The molecule has 0 fully saturated rings. The van der Waals surface area contributed by atoms with Gasteiger partial charge < -0.3 is 10.3 Å². The molecule has 3 aromatic rings. The fourth-order valence-corrected chi connectivity index (χ4v) is 2.49. The lowest BCUT2D eigenvalue weighted by molar-refractivity contribution is 0.809. The topological polar surface area (TPSA) is 79.4 Å². The molecule has 0 aliphatic heterocycles. The Bertz CT molecular complexity index is 678. The summed E-state index contributed by atoms with van der Waals surface area (Å²) >= 11 is 1.49. The quantitative estimate of drug-likeness (QED) is 0.703. The first-order chi connectivity index (χ1) is 9.36. The molecule has 0 atom stereocenters. The Labute approximate surface area is 114 Å². The van der Waals surface area contributed by atoms with E-state index in [0.29, 0.717) is 5.65 Å². The van der Waals surface area contributed by atoms with E-state index in [0.717, 1.165) is 27.7 Å². The highest BCUT2D eigenvalue weighted by Crippen LogP contribution is 2.27. The van der Waals surface area contributed by atoms with E-state index in [1.54, 1.807) is 6.33 Å². The maximum absolute atomic E-state index is 4.41. The largest absolute Gasteiger partial charge is 0.341 e. The number of aromatic nitrogens is 5. The second kappa shape index (κ2) is 5.33. The van der Waals surface area contributed by atoms with Gasteiger partial charge in [0.2, 0.25) is 0 Å². The van der Waals surface area contributed by atoms with Crippen LogP contribution in [-0.4, -0.2) is 32.0 Å². The molecule has 7 heteroatoms. The predicted molar refractivity (Wildman–Crippen MR) is 72.8 cm³/mol. The molecule has 3 aromatic heterocycles. The van der Waals surface area contributed by atoms with Gasteiger partial charge in [0.25, 0.3) is 0 Å². The normalized spacial score (nSPS) is 11.0. The van der Waals surface area contributed by atoms with Crippen molar-refractivity contribution in [2.75, 3.05) is 7.05 Å². The highest BCUT2D eigenvalue weighted by atomic mass is 32.2. The number of pyridine rings is 1. The lowest BCUT2D eigenvalue weighted by Crippen LogP contribution is -2.05. The minimum atomic E-state index is 0.671. The number of rotatable bonds is 4. The minimum Gasteiger partial charge on any atom is -0.341 e. The van der Waals surface area contributed by atoms with Gasteiger partial charge in [-0.3, -0.25) is 0 Å². The maximum atomic E-state index is 4.41. The number of H-pyrrole nitrogens is 1. The number of nitrogens with one attached hydrogen (secondary N) is 2. The van der Waals surface area contributed by atoms with Gasteiger partial charge in [-0.1, -0.05) is 6.07 Å². The first-order valence-electron chi connectivity index (χ1n) is 5.78. The molecule has 96 valence electrons. The molecule has 3 heterocycles. The molecule has 0 bridgehead atoms. The van der Waals surface area contributed by atoms with Gasteiger partial charge in [0.1, 0.15) is 21.9 Å². The van der Waals surface area contributed by atoms with Crippen LogP contribution in [0.3, 0.4) is 0 Å². The minimum absolute atomic E-state index is 0.671. The first kappa shape index (κ1) is 12.1. The fourth-order valence-electron chi connectivity index (χ4n) is 1.70. The van der Waals surface area contributed by atoms with E-state index in [9.17, 15) is 0 Å². The summed E-state index contributed by atoms with van der Waals surface area (Å²) in [5, 5.41) is 4.82. The van der Waals surface area contributed by atoms with Crippen molar-refractivity contribution >= 4 is 22.9 Å². The van der Waals surface area contributed by atoms with Gasteiger partial charge in [-0.25, -0.2) is 19.9 Å². The van der Waals surface area contributed by atoms with Crippen molar-refractivity contribution in [3.05, 3.63) is 36.5 Å². The van der Waals surface area contributed by atoms with Gasteiger partial charge in [0, 0.05) is 12.7 Å². The molecule has 0 unspecified atom stereocenters. The van der Waals surface area contributed by atoms with E-state index in [4.69, 9.17) is 0 Å². The Morgan fingerprint density at radius 1 is 1.21 bits per heavy atom. The maximum Gasteiger partial charge on any atom is 0.181 e. The number of aromatic amines is 1. The van der Waals surface area contributed by atoms with Crippen LogP contribution in [0.15, 0.2) is 41.0 Å². The highest BCUT2D eigenvalue weighted by Gasteiger charge is 2.08. The van der Waals surface area contributed by atoms with Crippen LogP contribution in [0, 0.1) is 0 Å². The summed E-state index contributed by atoms with van der Waals surface area (Å²) < 4.78 is 0. The molecule has 0 saturated carbocycles. The van der Waals surface area contributed by atoms with E-state index in [-0.39, 0.29) is 0 Å². The summed E-state index contributed by atoms with van der Waals surface area (Å²) in [6, 6.07) is 4.04. The molecule has 2 N–H and O–H groups in total. The Morgan fingerprint density at radius 2 is 2.16 bits per heavy atom. The monoisotopic (exact) mass is 272 g/mol. The van der Waals surface area contributed by atoms with Crippen LogP contribution in [0.1, 0.15) is 5.56 Å². The van der Waals surface area contributed by atoms with Gasteiger partial charge in [0.15, 0.2) is 5.65 Å². The summed E-state index contributed by atoms with van der Waals surface area (Å²) in [4.78, 5) is 19.9. The van der Waals surface area contributed by atoms with Gasteiger partial charge in [-0.15, -0.1) is 0 Å². The Kier molecular flexibility index (Phi) is 3.39. The van der Waals surface area contributed by atoms with Crippen LogP contribution in [0.25, 0.3) is 11.2 Å². The average Bonchev–Trinajstić information content (AvgIpc) is 2.91. The van der Waals surface area contributed by atoms with Crippen LogP contribution in [-0.2, 0) is 6.54 Å². The first-order valence-corrected chi connectivity index (χ1v) is 6.60. The van der Waals surface area contributed by atoms with Gasteiger partial charge >= 0.3 is 0 Å². The molecular formula is C12H12N6S. The molecular weight excluding hydrogens is 260 g/mol. The number of hydrogen-bond acceptors (Lipinski definition) is 6. The summed E-state index contributed by atoms with van der Waals surface area (Å²) in [5.74, 6) is 0. The Morgan fingerprint density at radius 3 is 2.95 bits per heavy atom. The third kappa shape index (κ3) is 2.56.